The molecule has 0 saturated carbocycles. The zero-order valence-corrected chi connectivity index (χ0v) is 13.3. The summed E-state index contributed by atoms with van der Waals surface area (Å²) < 4.78 is 9.56. The molecule has 22 heavy (non-hydrogen) atoms. The Balaban J connectivity index is 2.73. The molecule has 0 aliphatic heterocycles. The highest BCUT2D eigenvalue weighted by atomic mass is 16.5. The Morgan fingerprint density at radius 3 is 2.41 bits per heavy atom. The molecule has 0 unspecified atom stereocenters. The van der Waals surface area contributed by atoms with Crippen LogP contribution in [-0.2, 0) is 25.5 Å². The third kappa shape index (κ3) is 6.43. The minimum absolute atomic E-state index is 0.247. The Hall–Kier alpha value is -2.30. The van der Waals surface area contributed by atoms with Gasteiger partial charge in [-0.05, 0) is 31.0 Å². The predicted molar refractivity (Wildman–Crippen MR) is 85.4 cm³/mol. The van der Waals surface area contributed by atoms with Crippen LogP contribution in [0.4, 0.5) is 5.69 Å². The summed E-state index contributed by atoms with van der Waals surface area (Å²) >= 11 is 0. The van der Waals surface area contributed by atoms with E-state index in [4.69, 9.17) is 4.74 Å². The van der Waals surface area contributed by atoms with Gasteiger partial charge in [0, 0.05) is 17.5 Å². The first kappa shape index (κ1) is 17.8. The van der Waals surface area contributed by atoms with Gasteiger partial charge in [0.15, 0.2) is 0 Å². The van der Waals surface area contributed by atoms with Gasteiger partial charge in [-0.1, -0.05) is 25.5 Å². The van der Waals surface area contributed by atoms with Gasteiger partial charge in [-0.3, -0.25) is 4.79 Å². The first-order valence-corrected chi connectivity index (χ1v) is 7.39. The molecule has 5 nitrogen and oxygen atoms in total. The lowest BCUT2D eigenvalue weighted by molar-refractivity contribution is -0.140. The molecule has 0 aliphatic rings. The maximum atomic E-state index is 11.5. The number of ether oxygens (including phenoxy) is 2. The molecule has 0 atom stereocenters. The van der Waals surface area contributed by atoms with Crippen LogP contribution < -0.4 is 5.32 Å². The molecule has 0 aliphatic carbocycles. The fourth-order valence-corrected chi connectivity index (χ4v) is 1.90. The van der Waals surface area contributed by atoms with Crippen molar-refractivity contribution in [3.63, 3.8) is 0 Å². The second kappa shape index (κ2) is 9.60. The van der Waals surface area contributed by atoms with E-state index in [2.05, 4.69) is 10.1 Å². The molecule has 0 bridgehead atoms. The van der Waals surface area contributed by atoms with Crippen LogP contribution in [0.2, 0.25) is 0 Å². The van der Waals surface area contributed by atoms with Gasteiger partial charge >= 0.3 is 11.9 Å². The number of methoxy groups -OCH3 is 1. The van der Waals surface area contributed by atoms with E-state index in [1.807, 2.05) is 31.2 Å². The van der Waals surface area contributed by atoms with Crippen molar-refractivity contribution < 1.29 is 19.1 Å². The minimum Gasteiger partial charge on any atom is -0.469 e. The van der Waals surface area contributed by atoms with Crippen LogP contribution in [0.25, 0.3) is 0 Å². The van der Waals surface area contributed by atoms with E-state index in [9.17, 15) is 9.59 Å². The zero-order valence-electron chi connectivity index (χ0n) is 13.3. The summed E-state index contributed by atoms with van der Waals surface area (Å²) in [6, 6.07) is 7.44. The summed E-state index contributed by atoms with van der Waals surface area (Å²) in [4.78, 5) is 22.8. The predicted octanol–water partition coefficient (Wildman–Crippen LogP) is 3.06. The summed E-state index contributed by atoms with van der Waals surface area (Å²) in [7, 11) is 1.37. The molecular weight excluding hydrogens is 282 g/mol. The molecular formula is C17H23NO4. The lowest BCUT2D eigenvalue weighted by Crippen LogP contribution is -2.07. The van der Waals surface area contributed by atoms with E-state index in [0.717, 1.165) is 29.8 Å². The fraction of sp³-hybridized carbons (Fsp3) is 0.412. The van der Waals surface area contributed by atoms with E-state index in [-0.39, 0.29) is 18.4 Å². The van der Waals surface area contributed by atoms with Gasteiger partial charge in [0.25, 0.3) is 0 Å². The normalized spacial score (nSPS) is 11.0. The minimum atomic E-state index is -0.347. The number of carbonyl (C=O) groups is 2. The van der Waals surface area contributed by atoms with Crippen LogP contribution in [0.15, 0.2) is 36.0 Å². The van der Waals surface area contributed by atoms with Crippen LogP contribution in [0.1, 0.15) is 32.3 Å². The van der Waals surface area contributed by atoms with Crippen LogP contribution in [-0.4, -0.2) is 25.7 Å². The van der Waals surface area contributed by atoms with Crippen molar-refractivity contribution in [3.05, 3.63) is 41.6 Å². The molecule has 0 fully saturated rings. The average molecular weight is 305 g/mol. The Morgan fingerprint density at radius 1 is 1.18 bits per heavy atom. The molecule has 0 spiro atoms. The topological polar surface area (TPSA) is 64.6 Å². The first-order valence-electron chi connectivity index (χ1n) is 7.39. The number of hydrogen-bond acceptors (Lipinski definition) is 5. The van der Waals surface area contributed by atoms with E-state index in [1.54, 1.807) is 6.92 Å². The number of esters is 2. The Labute approximate surface area is 131 Å². The van der Waals surface area contributed by atoms with Crippen molar-refractivity contribution in [1.82, 2.24) is 0 Å². The molecule has 1 N–H and O–H groups in total. The highest BCUT2D eigenvalue weighted by Gasteiger charge is 2.05. The lowest BCUT2D eigenvalue weighted by Gasteiger charge is -2.11. The van der Waals surface area contributed by atoms with Gasteiger partial charge in [-0.15, -0.1) is 0 Å². The van der Waals surface area contributed by atoms with Crippen LogP contribution in [0, 0.1) is 0 Å². The van der Waals surface area contributed by atoms with E-state index in [0.29, 0.717) is 6.61 Å². The summed E-state index contributed by atoms with van der Waals surface area (Å²) in [5.74, 6) is -0.615. The van der Waals surface area contributed by atoms with Crippen molar-refractivity contribution >= 4 is 17.6 Å². The van der Waals surface area contributed by atoms with Gasteiger partial charge in [0.2, 0.25) is 0 Å². The van der Waals surface area contributed by atoms with Crippen molar-refractivity contribution in [2.24, 2.45) is 0 Å². The molecule has 1 rings (SSSR count). The maximum Gasteiger partial charge on any atom is 0.332 e. The number of benzene rings is 1. The molecule has 0 heterocycles. The van der Waals surface area contributed by atoms with Gasteiger partial charge < -0.3 is 14.8 Å². The zero-order chi connectivity index (χ0) is 16.4. The highest BCUT2D eigenvalue weighted by molar-refractivity contribution is 5.83. The summed E-state index contributed by atoms with van der Waals surface area (Å²) in [5, 5.41) is 3.21. The molecule has 0 aromatic heterocycles. The molecule has 0 radical (unpaired) electrons. The number of nitrogens with one attached hydrogen (secondary N) is 1. The van der Waals surface area contributed by atoms with Crippen molar-refractivity contribution in [3.8, 4) is 0 Å². The molecule has 0 saturated heterocycles. The second-order valence-corrected chi connectivity index (χ2v) is 4.75. The SMILES string of the molecule is CCCC(=CC(=O)OCC)Nc1ccc(CC(=O)OC)cc1. The number of hydrogen-bond donors (Lipinski definition) is 1. The molecule has 0 amide bonds. The van der Waals surface area contributed by atoms with Crippen LogP contribution >= 0.6 is 0 Å². The number of rotatable bonds is 8. The molecule has 1 aromatic carbocycles. The number of carbonyl (C=O) groups excluding carboxylic acids is 2. The van der Waals surface area contributed by atoms with Gasteiger partial charge in [0.1, 0.15) is 0 Å². The van der Waals surface area contributed by atoms with E-state index < -0.39 is 0 Å². The van der Waals surface area contributed by atoms with Gasteiger partial charge in [-0.2, -0.15) is 0 Å². The number of anilines is 1. The van der Waals surface area contributed by atoms with Crippen molar-refractivity contribution in [1.29, 1.82) is 0 Å². The van der Waals surface area contributed by atoms with Crippen molar-refractivity contribution in [2.75, 3.05) is 19.0 Å². The molecule has 1 aromatic rings. The fourth-order valence-electron chi connectivity index (χ4n) is 1.90. The van der Waals surface area contributed by atoms with Gasteiger partial charge in [0.05, 0.1) is 20.1 Å². The average Bonchev–Trinajstić information content (AvgIpc) is 2.49. The molecule has 5 heteroatoms. The van der Waals surface area contributed by atoms with Crippen LogP contribution in [0.5, 0.6) is 0 Å². The summed E-state index contributed by atoms with van der Waals surface area (Å²) in [6.07, 6.45) is 3.40. The maximum absolute atomic E-state index is 11.5. The highest BCUT2D eigenvalue weighted by Crippen LogP contribution is 2.15. The Morgan fingerprint density at radius 2 is 1.86 bits per heavy atom. The van der Waals surface area contributed by atoms with Crippen molar-refractivity contribution in [2.45, 2.75) is 33.1 Å². The standard InChI is InChI=1S/C17H23NO4/c1-4-6-15(12-17(20)22-5-2)18-14-9-7-13(8-10-14)11-16(19)21-3/h7-10,12,18H,4-6,11H2,1-3H3. The monoisotopic (exact) mass is 305 g/mol. The van der Waals surface area contributed by atoms with Crippen LogP contribution in [0.3, 0.4) is 0 Å². The summed E-state index contributed by atoms with van der Waals surface area (Å²) in [6.45, 7) is 4.18. The van der Waals surface area contributed by atoms with E-state index in [1.165, 1.54) is 13.2 Å². The third-order valence-corrected chi connectivity index (χ3v) is 2.93. The molecule has 120 valence electrons. The Bertz CT molecular complexity index is 520. The largest absolute Gasteiger partial charge is 0.469 e. The third-order valence-electron chi connectivity index (χ3n) is 2.93. The second-order valence-electron chi connectivity index (χ2n) is 4.75. The van der Waals surface area contributed by atoms with E-state index >= 15 is 0 Å². The van der Waals surface area contributed by atoms with Gasteiger partial charge in [-0.25, -0.2) is 4.79 Å². The quantitative estimate of drug-likeness (QED) is 0.590. The Kier molecular flexibility index (Phi) is 7.75. The summed E-state index contributed by atoms with van der Waals surface area (Å²) in [5.41, 5.74) is 2.54. The lowest BCUT2D eigenvalue weighted by atomic mass is 10.1. The smallest absolute Gasteiger partial charge is 0.332 e. The first-order chi connectivity index (χ1) is 10.6. The number of allylic oxidation sites excluding steroid dienone is 1.